The number of aliphatic hydroxyl groups excluding tert-OH is 1. The largest absolute Gasteiger partial charge is 0.516 e. The molecule has 0 aliphatic rings. The van der Waals surface area contributed by atoms with Crippen molar-refractivity contribution in [3.63, 3.8) is 0 Å². The minimum Gasteiger partial charge on any atom is -0.516 e. The van der Waals surface area contributed by atoms with E-state index >= 15 is 0 Å². The second-order valence-electron chi connectivity index (χ2n) is 2.82. The van der Waals surface area contributed by atoms with Crippen molar-refractivity contribution in [1.29, 1.82) is 0 Å². The molecule has 0 heterocycles. The average molecular weight is 214 g/mol. The van der Waals surface area contributed by atoms with Crippen LogP contribution in [-0.2, 0) is 6.18 Å². The summed E-state index contributed by atoms with van der Waals surface area (Å²) in [5.41, 5.74) is -0.249. The Morgan fingerprint density at radius 1 is 1.13 bits per heavy atom. The summed E-state index contributed by atoms with van der Waals surface area (Å²) in [6.07, 6.45) is 0.735. The molecule has 0 atom stereocenters. The van der Waals surface area contributed by atoms with Gasteiger partial charge < -0.3 is 5.11 Å². The zero-order chi connectivity index (χ0) is 11.3. The van der Waals surface area contributed by atoms with Gasteiger partial charge in [-0.25, -0.2) is 0 Å². The van der Waals surface area contributed by atoms with E-state index in [9.17, 15) is 13.2 Å². The molecule has 0 unspecified atom stereocenters. The van der Waals surface area contributed by atoms with Crippen molar-refractivity contribution in [2.45, 2.75) is 6.18 Å². The van der Waals surface area contributed by atoms with Crippen molar-refractivity contribution < 1.29 is 18.3 Å². The van der Waals surface area contributed by atoms with Crippen LogP contribution < -0.4 is 0 Å². The summed E-state index contributed by atoms with van der Waals surface area (Å²) in [5.74, 6) is 0. The van der Waals surface area contributed by atoms with Gasteiger partial charge in [0.2, 0.25) is 0 Å². The highest BCUT2D eigenvalue weighted by Gasteiger charge is 2.30. The van der Waals surface area contributed by atoms with E-state index in [-0.39, 0.29) is 0 Å². The van der Waals surface area contributed by atoms with E-state index in [1.807, 2.05) is 0 Å². The predicted octanol–water partition coefficient (Wildman–Crippen LogP) is 3.79. The van der Waals surface area contributed by atoms with E-state index < -0.39 is 11.7 Å². The fraction of sp³-hybridized carbons (Fsp3) is 0.0909. The van der Waals surface area contributed by atoms with E-state index in [1.54, 1.807) is 6.07 Å². The zero-order valence-corrected chi connectivity index (χ0v) is 7.70. The van der Waals surface area contributed by atoms with Crippen LogP contribution in [0.3, 0.4) is 0 Å². The number of alkyl halides is 3. The molecule has 0 amide bonds. The molecule has 80 valence electrons. The number of allylic oxidation sites excluding steroid dienone is 2. The van der Waals surface area contributed by atoms with Crippen LogP contribution in [0.1, 0.15) is 11.1 Å². The van der Waals surface area contributed by atoms with Crippen LogP contribution in [0.5, 0.6) is 0 Å². The van der Waals surface area contributed by atoms with Gasteiger partial charge in [0.15, 0.2) is 0 Å². The van der Waals surface area contributed by atoms with Crippen LogP contribution in [0.15, 0.2) is 42.7 Å². The molecule has 0 aromatic heterocycles. The monoisotopic (exact) mass is 214 g/mol. The summed E-state index contributed by atoms with van der Waals surface area (Å²) in [5, 5.41) is 8.32. The Labute approximate surface area is 85.2 Å². The lowest BCUT2D eigenvalue weighted by atomic mass is 10.1. The molecule has 4 heteroatoms. The number of hydrogen-bond acceptors (Lipinski definition) is 1. The molecule has 0 radical (unpaired) electrons. The lowest BCUT2D eigenvalue weighted by Crippen LogP contribution is -2.04. The van der Waals surface area contributed by atoms with Gasteiger partial charge in [0.25, 0.3) is 0 Å². The average Bonchev–Trinajstić information content (AvgIpc) is 2.17. The van der Waals surface area contributed by atoms with Gasteiger partial charge in [0.1, 0.15) is 0 Å². The van der Waals surface area contributed by atoms with Crippen molar-refractivity contribution in [1.82, 2.24) is 0 Å². The van der Waals surface area contributed by atoms with Gasteiger partial charge in [0.05, 0.1) is 11.8 Å². The van der Waals surface area contributed by atoms with Crippen LogP contribution >= 0.6 is 0 Å². The second kappa shape index (κ2) is 4.68. The molecule has 1 aromatic carbocycles. The third kappa shape index (κ3) is 3.50. The minimum absolute atomic E-state index is 0.433. The number of halogens is 3. The van der Waals surface area contributed by atoms with E-state index in [1.165, 1.54) is 24.3 Å². The SMILES string of the molecule is O/C=C\C=C\c1cccc(C(F)(F)F)c1. The van der Waals surface area contributed by atoms with Gasteiger partial charge >= 0.3 is 6.18 Å². The number of aliphatic hydroxyl groups is 1. The van der Waals surface area contributed by atoms with Crippen LogP contribution in [0.4, 0.5) is 13.2 Å². The molecular formula is C11H9F3O. The summed E-state index contributed by atoms with van der Waals surface area (Å²) in [7, 11) is 0. The highest BCUT2D eigenvalue weighted by atomic mass is 19.4. The Morgan fingerprint density at radius 3 is 2.47 bits per heavy atom. The molecule has 0 fully saturated rings. The third-order valence-corrected chi connectivity index (χ3v) is 1.70. The quantitative estimate of drug-likeness (QED) is 0.586. The summed E-state index contributed by atoms with van der Waals surface area (Å²) in [4.78, 5) is 0. The lowest BCUT2D eigenvalue weighted by Gasteiger charge is -2.06. The van der Waals surface area contributed by atoms with Crippen LogP contribution in [0.2, 0.25) is 0 Å². The van der Waals surface area contributed by atoms with Crippen molar-refractivity contribution in [2.75, 3.05) is 0 Å². The highest BCUT2D eigenvalue weighted by Crippen LogP contribution is 2.29. The van der Waals surface area contributed by atoms with Crippen molar-refractivity contribution in [2.24, 2.45) is 0 Å². The summed E-state index contributed by atoms with van der Waals surface area (Å²) < 4.78 is 36.8. The van der Waals surface area contributed by atoms with Crippen molar-refractivity contribution in [3.8, 4) is 0 Å². The first-order chi connectivity index (χ1) is 7.04. The fourth-order valence-electron chi connectivity index (χ4n) is 1.04. The Balaban J connectivity index is 2.93. The van der Waals surface area contributed by atoms with Crippen LogP contribution in [-0.4, -0.2) is 5.11 Å². The zero-order valence-electron chi connectivity index (χ0n) is 7.70. The molecule has 1 nitrogen and oxygen atoms in total. The molecular weight excluding hydrogens is 205 g/mol. The third-order valence-electron chi connectivity index (χ3n) is 1.70. The van der Waals surface area contributed by atoms with Gasteiger partial charge in [-0.05, 0) is 23.8 Å². The molecule has 0 aliphatic heterocycles. The Hall–Kier alpha value is -1.71. The molecule has 15 heavy (non-hydrogen) atoms. The standard InChI is InChI=1S/C11H9F3O/c12-11(13,14)10-6-3-5-9(8-10)4-1-2-7-15/h1-8,15H/b4-1+,7-2-. The maximum Gasteiger partial charge on any atom is 0.416 e. The van der Waals surface area contributed by atoms with Crippen molar-refractivity contribution >= 4 is 6.08 Å². The molecule has 1 rings (SSSR count). The first-order valence-corrected chi connectivity index (χ1v) is 4.19. The van der Waals surface area contributed by atoms with Gasteiger partial charge in [-0.15, -0.1) is 0 Å². The summed E-state index contributed by atoms with van der Waals surface area (Å²) >= 11 is 0. The fourth-order valence-corrected chi connectivity index (χ4v) is 1.04. The lowest BCUT2D eigenvalue weighted by molar-refractivity contribution is -0.137. The van der Waals surface area contributed by atoms with E-state index in [0.717, 1.165) is 18.4 Å². The number of benzene rings is 1. The molecule has 0 aliphatic carbocycles. The van der Waals surface area contributed by atoms with Gasteiger partial charge in [0, 0.05) is 0 Å². The maximum atomic E-state index is 12.3. The van der Waals surface area contributed by atoms with Gasteiger partial charge in [-0.2, -0.15) is 13.2 Å². The second-order valence-corrected chi connectivity index (χ2v) is 2.82. The number of rotatable bonds is 2. The molecule has 0 bridgehead atoms. The summed E-state index contributed by atoms with van der Waals surface area (Å²) in [6.45, 7) is 0. The smallest absolute Gasteiger partial charge is 0.416 e. The van der Waals surface area contributed by atoms with Crippen LogP contribution in [0, 0.1) is 0 Å². The molecule has 1 N–H and O–H groups in total. The first-order valence-electron chi connectivity index (χ1n) is 4.19. The molecule has 0 spiro atoms. The van der Waals surface area contributed by atoms with Crippen molar-refractivity contribution in [3.05, 3.63) is 53.8 Å². The summed E-state index contributed by atoms with van der Waals surface area (Å²) in [6, 6.07) is 4.95. The molecule has 0 saturated heterocycles. The topological polar surface area (TPSA) is 20.2 Å². The Morgan fingerprint density at radius 2 is 1.87 bits per heavy atom. The minimum atomic E-state index is -4.32. The van der Waals surface area contributed by atoms with E-state index in [0.29, 0.717) is 5.56 Å². The van der Waals surface area contributed by atoms with Gasteiger partial charge in [-0.1, -0.05) is 24.3 Å². The van der Waals surface area contributed by atoms with Gasteiger partial charge in [-0.3, -0.25) is 0 Å². The van der Waals surface area contributed by atoms with E-state index in [2.05, 4.69) is 0 Å². The van der Waals surface area contributed by atoms with Crippen LogP contribution in [0.25, 0.3) is 6.08 Å². The Bertz CT molecular complexity index is 378. The first kappa shape index (κ1) is 11.4. The Kier molecular flexibility index (Phi) is 3.55. The normalized spacial score (nSPS) is 12.7. The van der Waals surface area contributed by atoms with E-state index in [4.69, 9.17) is 5.11 Å². The maximum absolute atomic E-state index is 12.3. The molecule has 0 saturated carbocycles. The molecule has 1 aromatic rings. The highest BCUT2D eigenvalue weighted by molar-refractivity contribution is 5.52. The predicted molar refractivity (Wildman–Crippen MR) is 52.2 cm³/mol. The number of hydrogen-bond donors (Lipinski definition) is 1.